The zero-order valence-electron chi connectivity index (χ0n) is 18.5. The topological polar surface area (TPSA) is 87.4 Å². The number of carbonyl (C=O) groups excluding carboxylic acids is 1. The van der Waals surface area contributed by atoms with Gasteiger partial charge in [0.25, 0.3) is 5.56 Å². The largest absolute Gasteiger partial charge is 0.495 e. The third-order valence-electron chi connectivity index (χ3n) is 5.30. The summed E-state index contributed by atoms with van der Waals surface area (Å²) in [5.74, 6) is 0.447. The van der Waals surface area contributed by atoms with E-state index in [0.29, 0.717) is 38.9 Å². The van der Waals surface area contributed by atoms with Crippen molar-refractivity contribution in [2.24, 2.45) is 0 Å². The lowest BCUT2D eigenvalue weighted by Gasteiger charge is -2.15. The molecule has 2 aromatic carbocycles. The Balaban J connectivity index is 1.76. The number of fused-ring (bicyclic) bond motifs is 1. The van der Waals surface area contributed by atoms with Gasteiger partial charge in [0.2, 0.25) is 5.91 Å². The number of nitrogens with one attached hydrogen (secondary N) is 1. The molecular weight excluding hydrogens is 444 g/mol. The van der Waals surface area contributed by atoms with Gasteiger partial charge in [0.05, 0.1) is 36.0 Å². The molecule has 0 unspecified atom stereocenters. The number of aromatic nitrogens is 3. The molecule has 170 valence electrons. The van der Waals surface area contributed by atoms with Crippen molar-refractivity contribution in [2.45, 2.75) is 19.9 Å². The maximum Gasteiger partial charge on any atom is 0.280 e. The molecule has 0 saturated carbocycles. The van der Waals surface area contributed by atoms with Crippen LogP contribution in [0.4, 0.5) is 5.69 Å². The van der Waals surface area contributed by atoms with Crippen molar-refractivity contribution in [2.75, 3.05) is 19.5 Å². The smallest absolute Gasteiger partial charge is 0.280 e. The van der Waals surface area contributed by atoms with Crippen molar-refractivity contribution in [3.05, 3.63) is 75.7 Å². The second kappa shape index (κ2) is 9.38. The number of pyridine rings is 1. The van der Waals surface area contributed by atoms with Crippen molar-refractivity contribution in [1.29, 1.82) is 0 Å². The summed E-state index contributed by atoms with van der Waals surface area (Å²) in [7, 11) is 2.98. The lowest BCUT2D eigenvalue weighted by atomic mass is 10.1. The van der Waals surface area contributed by atoms with Gasteiger partial charge in [-0.2, -0.15) is 0 Å². The molecule has 0 saturated heterocycles. The van der Waals surface area contributed by atoms with Gasteiger partial charge in [-0.25, -0.2) is 9.67 Å². The molecular formula is C24H23ClN4O4. The molecule has 2 heterocycles. The summed E-state index contributed by atoms with van der Waals surface area (Å²) in [6.45, 7) is 1.89. The summed E-state index contributed by atoms with van der Waals surface area (Å²) in [5.41, 5.74) is 2.30. The number of rotatable bonds is 7. The van der Waals surface area contributed by atoms with Crippen molar-refractivity contribution in [1.82, 2.24) is 14.3 Å². The first kappa shape index (κ1) is 22.4. The summed E-state index contributed by atoms with van der Waals surface area (Å²) in [5, 5.41) is 3.57. The van der Waals surface area contributed by atoms with Crippen LogP contribution in [0.15, 0.2) is 59.5 Å². The van der Waals surface area contributed by atoms with Crippen LogP contribution in [0.1, 0.15) is 12.5 Å². The molecule has 1 N–H and O–H groups in total. The van der Waals surface area contributed by atoms with Gasteiger partial charge in [0.1, 0.15) is 18.0 Å². The second-order valence-electron chi connectivity index (χ2n) is 7.31. The molecule has 0 radical (unpaired) electrons. The Bertz CT molecular complexity index is 1390. The lowest BCUT2D eigenvalue weighted by molar-refractivity contribution is -0.117. The first-order chi connectivity index (χ1) is 16.0. The van der Waals surface area contributed by atoms with Gasteiger partial charge in [-0.15, -0.1) is 0 Å². The lowest BCUT2D eigenvalue weighted by Crippen LogP contribution is -2.27. The highest BCUT2D eigenvalue weighted by atomic mass is 35.5. The average Bonchev–Trinajstić information content (AvgIpc) is 3.10. The molecule has 0 aliphatic carbocycles. The molecule has 1 amide bonds. The molecule has 0 atom stereocenters. The SMILES string of the molecule is CCc1cccc(-n2c(=O)c3cccnc3n2CC(=O)Nc2cc(Cl)c(OC)cc2OC)c1. The van der Waals surface area contributed by atoms with E-state index in [1.165, 1.54) is 18.9 Å². The number of aryl methyl sites for hydroxylation is 1. The number of anilines is 1. The number of hydrogen-bond donors (Lipinski definition) is 1. The van der Waals surface area contributed by atoms with E-state index in [0.717, 1.165) is 12.0 Å². The number of hydrogen-bond acceptors (Lipinski definition) is 5. The van der Waals surface area contributed by atoms with Crippen LogP contribution in [0, 0.1) is 0 Å². The molecule has 0 spiro atoms. The van der Waals surface area contributed by atoms with E-state index in [1.54, 1.807) is 35.1 Å². The average molecular weight is 467 g/mol. The van der Waals surface area contributed by atoms with E-state index < -0.39 is 0 Å². The Morgan fingerprint density at radius 1 is 1.09 bits per heavy atom. The van der Waals surface area contributed by atoms with Crippen LogP contribution in [0.25, 0.3) is 16.7 Å². The standard InChI is InChI=1S/C24H23ClN4O4/c1-4-15-7-5-8-16(11-15)29-24(31)17-9-6-10-26-23(17)28(29)14-22(30)27-19-12-18(25)20(32-2)13-21(19)33-3/h5-13H,4,14H2,1-3H3,(H,27,30). The predicted octanol–water partition coefficient (Wildman–Crippen LogP) is 4.06. The molecule has 4 aromatic rings. The number of nitrogens with zero attached hydrogens (tertiary/aromatic N) is 3. The number of ether oxygens (including phenoxy) is 2. The fourth-order valence-electron chi connectivity index (χ4n) is 3.68. The van der Waals surface area contributed by atoms with E-state index in [-0.39, 0.29) is 18.0 Å². The van der Waals surface area contributed by atoms with Crippen molar-refractivity contribution >= 4 is 34.2 Å². The highest BCUT2D eigenvalue weighted by Gasteiger charge is 2.19. The van der Waals surface area contributed by atoms with Crippen LogP contribution in [0.5, 0.6) is 11.5 Å². The fraction of sp³-hybridized carbons (Fsp3) is 0.208. The van der Waals surface area contributed by atoms with Gasteiger partial charge in [0, 0.05) is 12.3 Å². The van der Waals surface area contributed by atoms with Crippen LogP contribution >= 0.6 is 11.6 Å². The van der Waals surface area contributed by atoms with E-state index in [2.05, 4.69) is 10.3 Å². The maximum absolute atomic E-state index is 13.2. The van der Waals surface area contributed by atoms with E-state index in [1.807, 2.05) is 31.2 Å². The number of methoxy groups -OCH3 is 2. The number of benzene rings is 2. The van der Waals surface area contributed by atoms with Crippen LogP contribution in [-0.4, -0.2) is 34.5 Å². The molecule has 4 rings (SSSR count). The fourth-order valence-corrected chi connectivity index (χ4v) is 3.92. The Kier molecular flexibility index (Phi) is 6.37. The molecule has 8 nitrogen and oxygen atoms in total. The van der Waals surface area contributed by atoms with Gasteiger partial charge in [-0.1, -0.05) is 30.7 Å². The van der Waals surface area contributed by atoms with Gasteiger partial charge in [0.15, 0.2) is 5.65 Å². The monoisotopic (exact) mass is 466 g/mol. The Morgan fingerprint density at radius 2 is 1.88 bits per heavy atom. The minimum atomic E-state index is -0.377. The third kappa shape index (κ3) is 4.29. The number of halogens is 1. The first-order valence-electron chi connectivity index (χ1n) is 10.3. The summed E-state index contributed by atoms with van der Waals surface area (Å²) in [6, 6.07) is 14.2. The van der Waals surface area contributed by atoms with Crippen LogP contribution < -0.4 is 20.3 Å². The Labute approximate surface area is 195 Å². The zero-order chi connectivity index (χ0) is 23.5. The van der Waals surface area contributed by atoms with Crippen molar-refractivity contribution < 1.29 is 14.3 Å². The molecule has 0 bridgehead atoms. The van der Waals surface area contributed by atoms with Crippen LogP contribution in [0.2, 0.25) is 5.02 Å². The van der Waals surface area contributed by atoms with Gasteiger partial charge in [-0.3, -0.25) is 14.3 Å². The van der Waals surface area contributed by atoms with Gasteiger partial charge in [-0.05, 0) is 42.3 Å². The molecule has 2 aromatic heterocycles. The predicted molar refractivity (Wildman–Crippen MR) is 128 cm³/mol. The Hall–Kier alpha value is -3.78. The highest BCUT2D eigenvalue weighted by Crippen LogP contribution is 2.35. The summed E-state index contributed by atoms with van der Waals surface area (Å²) < 4.78 is 13.6. The second-order valence-corrected chi connectivity index (χ2v) is 7.72. The van der Waals surface area contributed by atoms with Gasteiger partial charge < -0.3 is 14.8 Å². The van der Waals surface area contributed by atoms with E-state index in [9.17, 15) is 9.59 Å². The highest BCUT2D eigenvalue weighted by molar-refractivity contribution is 6.32. The van der Waals surface area contributed by atoms with Gasteiger partial charge >= 0.3 is 0 Å². The number of amides is 1. The van der Waals surface area contributed by atoms with Crippen molar-refractivity contribution in [3.63, 3.8) is 0 Å². The third-order valence-corrected chi connectivity index (χ3v) is 5.60. The zero-order valence-corrected chi connectivity index (χ0v) is 19.2. The van der Waals surface area contributed by atoms with Crippen LogP contribution in [-0.2, 0) is 17.8 Å². The molecule has 33 heavy (non-hydrogen) atoms. The normalized spacial score (nSPS) is 10.9. The first-order valence-corrected chi connectivity index (χ1v) is 10.7. The van der Waals surface area contributed by atoms with E-state index >= 15 is 0 Å². The quantitative estimate of drug-likeness (QED) is 0.444. The molecule has 9 heteroatoms. The van der Waals surface area contributed by atoms with E-state index in [4.69, 9.17) is 21.1 Å². The van der Waals surface area contributed by atoms with Crippen molar-refractivity contribution in [3.8, 4) is 17.2 Å². The summed E-state index contributed by atoms with van der Waals surface area (Å²) in [4.78, 5) is 30.7. The maximum atomic E-state index is 13.2. The molecule has 0 aliphatic heterocycles. The molecule has 0 fully saturated rings. The Morgan fingerprint density at radius 3 is 2.61 bits per heavy atom. The minimum Gasteiger partial charge on any atom is -0.495 e. The molecule has 0 aliphatic rings. The minimum absolute atomic E-state index is 0.154. The summed E-state index contributed by atoms with van der Waals surface area (Å²) in [6.07, 6.45) is 2.41. The van der Waals surface area contributed by atoms with Crippen LogP contribution in [0.3, 0.4) is 0 Å². The summed E-state index contributed by atoms with van der Waals surface area (Å²) >= 11 is 6.22. The number of carbonyl (C=O) groups is 1.